The Bertz CT molecular complexity index is 1860. The van der Waals surface area contributed by atoms with Crippen LogP contribution in [0.1, 0.15) is 22.4 Å². The van der Waals surface area contributed by atoms with E-state index in [1.54, 1.807) is 6.08 Å². The van der Waals surface area contributed by atoms with Gasteiger partial charge < -0.3 is 4.57 Å². The number of aryl methyl sites for hydroxylation is 3. The van der Waals surface area contributed by atoms with Crippen LogP contribution in [-0.4, -0.2) is 21.5 Å². The number of carbonyl (C=O) groups excluding carboxylic acids is 2. The summed E-state index contributed by atoms with van der Waals surface area (Å²) in [5.74, 6) is -0.912. The van der Waals surface area contributed by atoms with E-state index < -0.39 is 11.8 Å². The average molecular weight is 568 g/mol. The molecule has 0 aliphatic carbocycles. The third-order valence-electron chi connectivity index (χ3n) is 7.59. The molecule has 1 aromatic heterocycles. The van der Waals surface area contributed by atoms with Crippen molar-refractivity contribution in [3.8, 4) is 16.9 Å². The highest BCUT2D eigenvalue weighted by Gasteiger charge is 2.41. The maximum Gasteiger partial charge on any atom is 0.270 e. The number of aromatic nitrogens is 1. The Morgan fingerprint density at radius 2 is 1.14 bits per heavy atom. The molecule has 0 bridgehead atoms. The highest BCUT2D eigenvalue weighted by molar-refractivity contribution is 7.81. The monoisotopic (exact) mass is 567 g/mol. The normalized spacial score (nSPS) is 14.6. The first-order valence-corrected chi connectivity index (χ1v) is 14.2. The van der Waals surface area contributed by atoms with E-state index in [0.29, 0.717) is 11.4 Å². The number of hydrogen-bond donors (Lipinski definition) is 0. The van der Waals surface area contributed by atoms with Crippen LogP contribution in [0.3, 0.4) is 0 Å². The third-order valence-corrected chi connectivity index (χ3v) is 7.95. The summed E-state index contributed by atoms with van der Waals surface area (Å²) in [6.45, 7) is 6.04. The number of nitrogens with zero attached hydrogens (tertiary/aromatic N) is 3. The highest BCUT2D eigenvalue weighted by atomic mass is 32.1. The summed E-state index contributed by atoms with van der Waals surface area (Å²) in [4.78, 5) is 31.3. The zero-order valence-corrected chi connectivity index (χ0v) is 24.4. The van der Waals surface area contributed by atoms with E-state index in [-0.39, 0.29) is 10.7 Å². The Hall–Kier alpha value is -5.07. The molecule has 5 aromatic rings. The zero-order valence-electron chi connectivity index (χ0n) is 23.6. The van der Waals surface area contributed by atoms with Crippen LogP contribution in [0.25, 0.3) is 23.0 Å². The van der Waals surface area contributed by atoms with E-state index in [2.05, 4.69) is 4.57 Å². The van der Waals surface area contributed by atoms with Crippen molar-refractivity contribution in [1.82, 2.24) is 4.57 Å². The van der Waals surface area contributed by atoms with Gasteiger partial charge in [0.05, 0.1) is 17.1 Å². The van der Waals surface area contributed by atoms with Gasteiger partial charge in [0.2, 0.25) is 0 Å². The molecular weight excluding hydrogens is 538 g/mol. The first kappa shape index (κ1) is 27.1. The molecule has 5 nitrogen and oxygen atoms in total. The van der Waals surface area contributed by atoms with Crippen LogP contribution in [0.2, 0.25) is 0 Å². The number of benzene rings is 4. The molecule has 4 aromatic carbocycles. The second-order valence-electron chi connectivity index (χ2n) is 10.4. The molecule has 6 rings (SSSR count). The number of para-hydroxylation sites is 2. The second kappa shape index (κ2) is 11.1. The van der Waals surface area contributed by atoms with Gasteiger partial charge in [0, 0.05) is 16.9 Å². The van der Waals surface area contributed by atoms with Gasteiger partial charge in [0.15, 0.2) is 5.11 Å². The topological polar surface area (TPSA) is 45.6 Å². The lowest BCUT2D eigenvalue weighted by atomic mass is 10.0. The number of hydrogen-bond acceptors (Lipinski definition) is 3. The van der Waals surface area contributed by atoms with Crippen LogP contribution in [0.4, 0.5) is 11.4 Å². The molecule has 1 fully saturated rings. The van der Waals surface area contributed by atoms with E-state index in [9.17, 15) is 9.59 Å². The number of anilines is 2. The number of thiocarbonyl (C=S) groups is 1. The molecule has 1 saturated heterocycles. The molecule has 6 heteroatoms. The number of rotatable bonds is 5. The standard InChI is InChI=1S/C36H29N3O2S/c1-24-19-20-31(21-25(24)2)39-35(41)32(34(40)38(36(39)42)30-17-11-6-12-18-30)23-28-22-26(3)37(29-15-9-5-10-16-29)33(28)27-13-7-4-8-14-27/h4-23H,1-3H3/b32-23-. The van der Waals surface area contributed by atoms with Crippen LogP contribution in [0, 0.1) is 20.8 Å². The Balaban J connectivity index is 1.58. The van der Waals surface area contributed by atoms with Gasteiger partial charge in [-0.3, -0.25) is 19.4 Å². The number of amides is 2. The summed E-state index contributed by atoms with van der Waals surface area (Å²) in [7, 11) is 0. The lowest BCUT2D eigenvalue weighted by molar-refractivity contribution is -0.120. The molecule has 0 N–H and O–H groups in total. The molecule has 206 valence electrons. The molecule has 2 heterocycles. The third kappa shape index (κ3) is 4.76. The lowest BCUT2D eigenvalue weighted by Gasteiger charge is -2.36. The lowest BCUT2D eigenvalue weighted by Crippen LogP contribution is -2.57. The molecule has 1 aliphatic heterocycles. The largest absolute Gasteiger partial charge is 0.313 e. The van der Waals surface area contributed by atoms with Gasteiger partial charge in [-0.25, -0.2) is 0 Å². The van der Waals surface area contributed by atoms with Gasteiger partial charge in [-0.15, -0.1) is 0 Å². The van der Waals surface area contributed by atoms with Crippen LogP contribution < -0.4 is 9.80 Å². The maximum atomic E-state index is 14.2. The second-order valence-corrected chi connectivity index (χ2v) is 10.7. The molecule has 1 aliphatic rings. The smallest absolute Gasteiger partial charge is 0.270 e. The van der Waals surface area contributed by atoms with Crippen molar-refractivity contribution < 1.29 is 9.59 Å². The first-order valence-electron chi connectivity index (χ1n) is 13.7. The summed E-state index contributed by atoms with van der Waals surface area (Å²) in [5, 5.41) is 0.123. The predicted octanol–water partition coefficient (Wildman–Crippen LogP) is 7.82. The van der Waals surface area contributed by atoms with Crippen LogP contribution >= 0.6 is 12.2 Å². The molecule has 0 unspecified atom stereocenters. The van der Waals surface area contributed by atoms with E-state index in [1.165, 1.54) is 9.80 Å². The van der Waals surface area contributed by atoms with Crippen LogP contribution in [0.15, 0.2) is 121 Å². The highest BCUT2D eigenvalue weighted by Crippen LogP contribution is 2.35. The van der Waals surface area contributed by atoms with E-state index in [0.717, 1.165) is 39.3 Å². The van der Waals surface area contributed by atoms with Crippen LogP contribution in [0.5, 0.6) is 0 Å². The Labute approximate surface area is 251 Å². The van der Waals surface area contributed by atoms with E-state index in [1.807, 2.05) is 136 Å². The Morgan fingerprint density at radius 1 is 0.595 bits per heavy atom. The predicted molar refractivity (Wildman–Crippen MR) is 174 cm³/mol. The first-order chi connectivity index (χ1) is 20.3. The molecule has 0 atom stereocenters. The zero-order chi connectivity index (χ0) is 29.4. The van der Waals surface area contributed by atoms with E-state index in [4.69, 9.17) is 12.2 Å². The quantitative estimate of drug-likeness (QED) is 0.124. The SMILES string of the molecule is Cc1ccc(N2C(=O)/C(=C\c3cc(C)n(-c4ccccc4)c3-c3ccccc3)C(=O)N(c3ccccc3)C2=S)cc1C. The summed E-state index contributed by atoms with van der Waals surface area (Å²) >= 11 is 5.83. The average Bonchev–Trinajstić information content (AvgIpc) is 3.34. The van der Waals surface area contributed by atoms with Gasteiger partial charge in [0.25, 0.3) is 11.8 Å². The van der Waals surface area contributed by atoms with Crippen LogP contribution in [-0.2, 0) is 9.59 Å². The summed E-state index contributed by atoms with van der Waals surface area (Å²) in [6, 6.07) is 37.1. The summed E-state index contributed by atoms with van der Waals surface area (Å²) in [6.07, 6.45) is 1.71. The van der Waals surface area contributed by atoms with Crippen molar-refractivity contribution in [3.05, 3.63) is 143 Å². The summed E-state index contributed by atoms with van der Waals surface area (Å²) < 4.78 is 2.15. The van der Waals surface area contributed by atoms with E-state index >= 15 is 0 Å². The molecule has 0 spiro atoms. The minimum Gasteiger partial charge on any atom is -0.313 e. The molecule has 0 saturated carbocycles. The minimum atomic E-state index is -0.458. The summed E-state index contributed by atoms with van der Waals surface area (Å²) in [5.41, 5.74) is 7.98. The minimum absolute atomic E-state index is 0.0353. The van der Waals surface area contributed by atoms with Gasteiger partial charge in [-0.05, 0) is 98.2 Å². The van der Waals surface area contributed by atoms with Crippen molar-refractivity contribution in [1.29, 1.82) is 0 Å². The molecule has 42 heavy (non-hydrogen) atoms. The van der Waals surface area contributed by atoms with Gasteiger partial charge >= 0.3 is 0 Å². The fourth-order valence-electron chi connectivity index (χ4n) is 5.36. The van der Waals surface area contributed by atoms with Crippen molar-refractivity contribution in [2.24, 2.45) is 0 Å². The Kier molecular flexibility index (Phi) is 7.15. The van der Waals surface area contributed by atoms with Crippen molar-refractivity contribution in [2.75, 3.05) is 9.80 Å². The van der Waals surface area contributed by atoms with Crippen molar-refractivity contribution in [2.45, 2.75) is 20.8 Å². The van der Waals surface area contributed by atoms with Gasteiger partial charge in [-0.1, -0.05) is 72.8 Å². The van der Waals surface area contributed by atoms with Crippen molar-refractivity contribution in [3.63, 3.8) is 0 Å². The molecule has 2 amide bonds. The Morgan fingerprint density at radius 3 is 1.74 bits per heavy atom. The molecular formula is C36H29N3O2S. The fourth-order valence-corrected chi connectivity index (χ4v) is 5.73. The van der Waals surface area contributed by atoms with Gasteiger partial charge in [-0.2, -0.15) is 0 Å². The fraction of sp³-hybridized carbons (Fsp3) is 0.0833. The molecule has 0 radical (unpaired) electrons. The van der Waals surface area contributed by atoms with Crippen molar-refractivity contribution >= 4 is 46.6 Å². The number of carbonyl (C=O) groups is 2. The maximum absolute atomic E-state index is 14.2. The van der Waals surface area contributed by atoms with Gasteiger partial charge in [0.1, 0.15) is 5.57 Å².